The molecule has 4 heteroatoms. The zero-order valence-electron chi connectivity index (χ0n) is 11.3. The summed E-state index contributed by atoms with van der Waals surface area (Å²) >= 11 is 6.06. The maximum Gasteiger partial charge on any atom is 0.228 e. The molecule has 0 spiro atoms. The number of nitrogens with one attached hydrogen (secondary N) is 2. The molecule has 0 aliphatic rings. The molecule has 104 valence electrons. The average Bonchev–Trinajstić information content (AvgIpc) is 2.44. The molecule has 20 heavy (non-hydrogen) atoms. The molecule has 0 saturated carbocycles. The lowest BCUT2D eigenvalue weighted by atomic mass is 10.1. The number of hydrogen-bond donors (Lipinski definition) is 2. The molecule has 2 aromatic rings. The lowest BCUT2D eigenvalue weighted by molar-refractivity contribution is -0.115. The van der Waals surface area contributed by atoms with Crippen molar-refractivity contribution in [1.82, 2.24) is 5.32 Å². The van der Waals surface area contributed by atoms with Crippen molar-refractivity contribution >= 4 is 23.2 Å². The van der Waals surface area contributed by atoms with Gasteiger partial charge in [0.25, 0.3) is 0 Å². The highest BCUT2D eigenvalue weighted by molar-refractivity contribution is 6.31. The highest BCUT2D eigenvalue weighted by Gasteiger charge is 2.09. The summed E-state index contributed by atoms with van der Waals surface area (Å²) in [6, 6.07) is 15.1. The van der Waals surface area contributed by atoms with E-state index < -0.39 is 0 Å². The molecule has 0 atom stereocenters. The molecule has 0 aliphatic heterocycles. The van der Waals surface area contributed by atoms with Crippen molar-refractivity contribution in [1.29, 1.82) is 0 Å². The Balaban J connectivity index is 2.07. The van der Waals surface area contributed by atoms with E-state index >= 15 is 0 Å². The molecule has 0 bridgehead atoms. The monoisotopic (exact) mass is 288 g/mol. The van der Waals surface area contributed by atoms with Crippen molar-refractivity contribution in [3.63, 3.8) is 0 Å². The van der Waals surface area contributed by atoms with Gasteiger partial charge < -0.3 is 10.6 Å². The van der Waals surface area contributed by atoms with Gasteiger partial charge in [0.15, 0.2) is 0 Å². The Labute approximate surface area is 124 Å². The smallest absolute Gasteiger partial charge is 0.228 e. The number of rotatable bonds is 5. The number of carbonyl (C=O) groups excluding carboxylic acids is 1. The van der Waals surface area contributed by atoms with Gasteiger partial charge in [0, 0.05) is 17.3 Å². The molecule has 0 heterocycles. The number of halogens is 1. The van der Waals surface area contributed by atoms with Crippen molar-refractivity contribution < 1.29 is 4.79 Å². The van der Waals surface area contributed by atoms with Crippen molar-refractivity contribution in [3.05, 3.63) is 64.7 Å². The quantitative estimate of drug-likeness (QED) is 0.887. The highest BCUT2D eigenvalue weighted by Crippen LogP contribution is 2.18. The van der Waals surface area contributed by atoms with E-state index in [9.17, 15) is 4.79 Å². The van der Waals surface area contributed by atoms with Gasteiger partial charge in [-0.2, -0.15) is 0 Å². The second-order valence-electron chi connectivity index (χ2n) is 4.50. The predicted molar refractivity (Wildman–Crippen MR) is 83.0 cm³/mol. The van der Waals surface area contributed by atoms with Crippen LogP contribution in [0, 0.1) is 0 Å². The van der Waals surface area contributed by atoms with E-state index in [1.807, 2.05) is 49.5 Å². The fraction of sp³-hybridized carbons (Fsp3) is 0.188. The van der Waals surface area contributed by atoms with Gasteiger partial charge in [0.05, 0.1) is 6.42 Å². The summed E-state index contributed by atoms with van der Waals surface area (Å²) in [5, 5.41) is 6.63. The zero-order valence-corrected chi connectivity index (χ0v) is 12.1. The van der Waals surface area contributed by atoms with Gasteiger partial charge in [0.1, 0.15) is 0 Å². The number of para-hydroxylation sites is 1. The van der Waals surface area contributed by atoms with Gasteiger partial charge in [-0.15, -0.1) is 0 Å². The van der Waals surface area contributed by atoms with Crippen LogP contribution in [0.2, 0.25) is 5.02 Å². The van der Waals surface area contributed by atoms with Crippen molar-refractivity contribution in [2.24, 2.45) is 0 Å². The molecular formula is C16H17ClN2O. The second kappa shape index (κ2) is 7.08. The van der Waals surface area contributed by atoms with Gasteiger partial charge in [-0.1, -0.05) is 48.0 Å². The van der Waals surface area contributed by atoms with E-state index in [1.54, 1.807) is 6.07 Å². The Kier molecular flexibility index (Phi) is 5.16. The molecule has 2 aromatic carbocycles. The summed E-state index contributed by atoms with van der Waals surface area (Å²) < 4.78 is 0. The molecule has 3 nitrogen and oxygen atoms in total. The Morgan fingerprint density at radius 2 is 1.70 bits per heavy atom. The van der Waals surface area contributed by atoms with Crippen LogP contribution >= 0.6 is 11.6 Å². The first-order valence-corrected chi connectivity index (χ1v) is 6.84. The average molecular weight is 289 g/mol. The van der Waals surface area contributed by atoms with E-state index in [0.29, 0.717) is 11.6 Å². The fourth-order valence-electron chi connectivity index (χ4n) is 2.00. The van der Waals surface area contributed by atoms with E-state index in [4.69, 9.17) is 11.6 Å². The standard InChI is InChI=1S/C16H17ClN2O/c1-18-11-13-7-3-5-9-15(13)19-16(20)10-12-6-2-4-8-14(12)17/h2-9,18H,10-11H2,1H3,(H,19,20). The third-order valence-electron chi connectivity index (χ3n) is 2.97. The minimum Gasteiger partial charge on any atom is -0.325 e. The molecule has 0 aromatic heterocycles. The highest BCUT2D eigenvalue weighted by atomic mass is 35.5. The summed E-state index contributed by atoms with van der Waals surface area (Å²) in [7, 11) is 1.88. The molecule has 1 amide bonds. The lowest BCUT2D eigenvalue weighted by Crippen LogP contribution is -2.17. The summed E-state index contributed by atoms with van der Waals surface area (Å²) in [6.07, 6.45) is 0.271. The number of hydrogen-bond acceptors (Lipinski definition) is 2. The normalized spacial score (nSPS) is 10.3. The first-order valence-electron chi connectivity index (χ1n) is 6.46. The number of carbonyl (C=O) groups is 1. The molecule has 2 N–H and O–H groups in total. The molecule has 0 aliphatic carbocycles. The third-order valence-corrected chi connectivity index (χ3v) is 3.34. The summed E-state index contributed by atoms with van der Waals surface area (Å²) in [6.45, 7) is 0.711. The van der Waals surface area contributed by atoms with E-state index in [-0.39, 0.29) is 12.3 Å². The van der Waals surface area contributed by atoms with Crippen LogP contribution in [0.25, 0.3) is 0 Å². The van der Waals surface area contributed by atoms with Crippen molar-refractivity contribution in [2.75, 3.05) is 12.4 Å². The van der Waals surface area contributed by atoms with Gasteiger partial charge in [-0.05, 0) is 30.3 Å². The third kappa shape index (κ3) is 3.83. The summed E-state index contributed by atoms with van der Waals surface area (Å²) in [4.78, 5) is 12.1. The Bertz CT molecular complexity index is 599. The summed E-state index contributed by atoms with van der Waals surface area (Å²) in [5.74, 6) is -0.0679. The first-order chi connectivity index (χ1) is 9.70. The second-order valence-corrected chi connectivity index (χ2v) is 4.91. The largest absolute Gasteiger partial charge is 0.325 e. The summed E-state index contributed by atoms with van der Waals surface area (Å²) in [5.41, 5.74) is 2.72. The number of amides is 1. The molecule has 0 saturated heterocycles. The van der Waals surface area contributed by atoms with E-state index in [2.05, 4.69) is 10.6 Å². The molecular weight excluding hydrogens is 272 g/mol. The molecule has 0 unspecified atom stereocenters. The number of benzene rings is 2. The van der Waals surface area contributed by atoms with Gasteiger partial charge in [-0.25, -0.2) is 0 Å². The van der Waals surface area contributed by atoms with Crippen LogP contribution in [0.5, 0.6) is 0 Å². The SMILES string of the molecule is CNCc1ccccc1NC(=O)Cc1ccccc1Cl. The zero-order chi connectivity index (χ0) is 14.4. The molecule has 2 rings (SSSR count). The van der Waals surface area contributed by atoms with E-state index in [0.717, 1.165) is 16.8 Å². The van der Waals surface area contributed by atoms with E-state index in [1.165, 1.54) is 0 Å². The maximum atomic E-state index is 12.1. The topological polar surface area (TPSA) is 41.1 Å². The fourth-order valence-corrected chi connectivity index (χ4v) is 2.20. The van der Waals surface area contributed by atoms with Crippen molar-refractivity contribution in [2.45, 2.75) is 13.0 Å². The van der Waals surface area contributed by atoms with Crippen LogP contribution in [-0.2, 0) is 17.8 Å². The Morgan fingerprint density at radius 3 is 2.40 bits per heavy atom. The predicted octanol–water partition coefficient (Wildman–Crippen LogP) is 3.24. The molecule has 0 radical (unpaired) electrons. The maximum absolute atomic E-state index is 12.1. The minimum absolute atomic E-state index is 0.0679. The van der Waals surface area contributed by atoms with Gasteiger partial charge in [0.2, 0.25) is 5.91 Å². The van der Waals surface area contributed by atoms with Crippen LogP contribution in [0.1, 0.15) is 11.1 Å². The Morgan fingerprint density at radius 1 is 1.05 bits per heavy atom. The lowest BCUT2D eigenvalue weighted by Gasteiger charge is -2.11. The van der Waals surface area contributed by atoms with Crippen LogP contribution in [0.15, 0.2) is 48.5 Å². The first kappa shape index (κ1) is 14.6. The van der Waals surface area contributed by atoms with Crippen LogP contribution in [0.4, 0.5) is 5.69 Å². The minimum atomic E-state index is -0.0679. The van der Waals surface area contributed by atoms with Crippen molar-refractivity contribution in [3.8, 4) is 0 Å². The number of anilines is 1. The van der Waals surface area contributed by atoms with Crippen LogP contribution in [0.3, 0.4) is 0 Å². The van der Waals surface area contributed by atoms with Crippen LogP contribution < -0.4 is 10.6 Å². The van der Waals surface area contributed by atoms with Gasteiger partial charge in [-0.3, -0.25) is 4.79 Å². The van der Waals surface area contributed by atoms with Gasteiger partial charge >= 0.3 is 0 Å². The Hall–Kier alpha value is -1.84. The molecule has 0 fully saturated rings. The van der Waals surface area contributed by atoms with Crippen LogP contribution in [-0.4, -0.2) is 13.0 Å².